The third kappa shape index (κ3) is 3.53. The van der Waals surface area contributed by atoms with Crippen LogP contribution >= 0.6 is 0 Å². The fraction of sp³-hybridized carbons (Fsp3) is 0.500. The number of ether oxygens (including phenoxy) is 2. The van der Waals surface area contributed by atoms with Crippen LogP contribution in [-0.2, 0) is 14.6 Å². The molecule has 1 amide bonds. The number of rotatable bonds is 5. The zero-order valence-corrected chi connectivity index (χ0v) is 14.2. The normalized spacial score (nSPS) is 20.8. The largest absolute Gasteiger partial charge is 0.454 e. The van der Waals surface area contributed by atoms with Crippen LogP contribution in [0.4, 0.5) is 0 Å². The zero-order valence-electron chi connectivity index (χ0n) is 13.4. The van der Waals surface area contributed by atoms with Crippen LogP contribution in [0.2, 0.25) is 0 Å². The van der Waals surface area contributed by atoms with Crippen LogP contribution in [0.15, 0.2) is 18.2 Å². The van der Waals surface area contributed by atoms with Gasteiger partial charge < -0.3 is 14.4 Å². The first-order valence-corrected chi connectivity index (χ1v) is 9.57. The van der Waals surface area contributed by atoms with Crippen LogP contribution in [0.1, 0.15) is 29.6 Å². The lowest BCUT2D eigenvalue weighted by Crippen LogP contribution is -2.37. The summed E-state index contributed by atoms with van der Waals surface area (Å²) < 4.78 is 33.4. The van der Waals surface area contributed by atoms with Gasteiger partial charge in [-0.1, -0.05) is 0 Å². The van der Waals surface area contributed by atoms with Crippen LogP contribution in [0.25, 0.3) is 0 Å². The Labute approximate surface area is 140 Å². The van der Waals surface area contributed by atoms with Crippen molar-refractivity contribution < 1.29 is 27.5 Å². The molecular weight excluding hydrogens is 334 g/mol. The second-order valence-electron chi connectivity index (χ2n) is 6.05. The van der Waals surface area contributed by atoms with Crippen LogP contribution in [0, 0.1) is 0 Å². The average molecular weight is 353 g/mol. The summed E-state index contributed by atoms with van der Waals surface area (Å²) in [7, 11) is -1.44. The van der Waals surface area contributed by atoms with Crippen molar-refractivity contribution in [3.8, 4) is 11.5 Å². The first-order valence-electron chi connectivity index (χ1n) is 7.75. The van der Waals surface area contributed by atoms with Crippen molar-refractivity contribution in [1.82, 2.24) is 4.90 Å². The number of nitrogens with zero attached hydrogens (tertiary/aromatic N) is 1. The van der Waals surface area contributed by atoms with Crippen molar-refractivity contribution in [2.45, 2.75) is 25.3 Å². The second-order valence-corrected chi connectivity index (χ2v) is 8.28. The molecule has 0 N–H and O–H groups in total. The number of hydrogen-bond acceptors (Lipinski definition) is 6. The van der Waals surface area contributed by atoms with Crippen molar-refractivity contribution in [2.75, 3.05) is 25.3 Å². The maximum atomic E-state index is 12.2. The number of hydrogen-bond donors (Lipinski definition) is 0. The van der Waals surface area contributed by atoms with E-state index in [-0.39, 0.29) is 48.9 Å². The van der Waals surface area contributed by atoms with Gasteiger partial charge in [0.15, 0.2) is 27.1 Å². The molecular formula is C16H19NO6S. The molecule has 1 unspecified atom stereocenters. The highest BCUT2D eigenvalue weighted by molar-refractivity contribution is 7.91. The minimum atomic E-state index is -3.04. The first kappa shape index (κ1) is 16.8. The molecule has 1 saturated heterocycles. The predicted molar refractivity (Wildman–Crippen MR) is 86.0 cm³/mol. The summed E-state index contributed by atoms with van der Waals surface area (Å²) in [6.45, 7) is 0.139. The van der Waals surface area contributed by atoms with Gasteiger partial charge in [0.2, 0.25) is 12.7 Å². The van der Waals surface area contributed by atoms with E-state index < -0.39 is 9.84 Å². The van der Waals surface area contributed by atoms with Crippen molar-refractivity contribution in [2.24, 2.45) is 0 Å². The van der Waals surface area contributed by atoms with Crippen molar-refractivity contribution in [3.63, 3.8) is 0 Å². The molecule has 0 saturated carbocycles. The van der Waals surface area contributed by atoms with Crippen LogP contribution < -0.4 is 9.47 Å². The molecule has 2 aliphatic rings. The minimum absolute atomic E-state index is 0.00530. The Balaban J connectivity index is 1.55. The zero-order chi connectivity index (χ0) is 17.3. The number of amides is 1. The van der Waals surface area contributed by atoms with Gasteiger partial charge in [0, 0.05) is 31.5 Å². The summed E-state index contributed by atoms with van der Waals surface area (Å²) in [6.07, 6.45) is 0.587. The Kier molecular flexibility index (Phi) is 4.49. The Morgan fingerprint density at radius 2 is 1.96 bits per heavy atom. The number of carbonyl (C=O) groups excluding carboxylic acids is 2. The fourth-order valence-corrected chi connectivity index (χ4v) is 4.67. The fourth-order valence-electron chi connectivity index (χ4n) is 2.90. The maximum absolute atomic E-state index is 12.2. The van der Waals surface area contributed by atoms with Crippen molar-refractivity contribution in [1.29, 1.82) is 0 Å². The molecule has 2 aliphatic heterocycles. The molecule has 0 bridgehead atoms. The third-order valence-electron chi connectivity index (χ3n) is 4.41. The second kappa shape index (κ2) is 6.43. The summed E-state index contributed by atoms with van der Waals surface area (Å²) in [4.78, 5) is 25.9. The summed E-state index contributed by atoms with van der Waals surface area (Å²) in [5.74, 6) is 0.877. The number of sulfone groups is 1. The summed E-state index contributed by atoms with van der Waals surface area (Å²) >= 11 is 0. The molecule has 0 spiro atoms. The Morgan fingerprint density at radius 1 is 1.21 bits per heavy atom. The number of carbonyl (C=O) groups is 2. The van der Waals surface area contributed by atoms with E-state index in [0.717, 1.165) is 0 Å². The highest BCUT2D eigenvalue weighted by atomic mass is 32.2. The smallest absolute Gasteiger partial charge is 0.231 e. The molecule has 24 heavy (non-hydrogen) atoms. The van der Waals surface area contributed by atoms with Crippen molar-refractivity contribution in [3.05, 3.63) is 23.8 Å². The van der Waals surface area contributed by atoms with Gasteiger partial charge in [-0.2, -0.15) is 0 Å². The van der Waals surface area contributed by atoms with E-state index in [9.17, 15) is 18.0 Å². The summed E-state index contributed by atoms with van der Waals surface area (Å²) in [5.41, 5.74) is 0.471. The van der Waals surface area contributed by atoms with E-state index in [1.54, 1.807) is 25.2 Å². The Morgan fingerprint density at radius 3 is 2.67 bits per heavy atom. The van der Waals surface area contributed by atoms with Gasteiger partial charge in [-0.25, -0.2) is 8.42 Å². The quantitative estimate of drug-likeness (QED) is 0.734. The lowest BCUT2D eigenvalue weighted by Gasteiger charge is -2.23. The molecule has 7 nitrogen and oxygen atoms in total. The van der Waals surface area contributed by atoms with Crippen LogP contribution in [-0.4, -0.2) is 56.4 Å². The Hall–Kier alpha value is -2.09. The van der Waals surface area contributed by atoms with E-state index >= 15 is 0 Å². The van der Waals surface area contributed by atoms with Gasteiger partial charge in [-0.05, 0) is 24.6 Å². The van der Waals surface area contributed by atoms with Gasteiger partial charge in [0.1, 0.15) is 0 Å². The first-order chi connectivity index (χ1) is 11.4. The molecule has 1 aromatic carbocycles. The highest BCUT2D eigenvalue weighted by Gasteiger charge is 2.32. The number of benzene rings is 1. The van der Waals surface area contributed by atoms with Gasteiger partial charge >= 0.3 is 0 Å². The molecule has 2 heterocycles. The standard InChI is InChI=1S/C16H19NO6S/c1-17(12-6-7-24(20,21)9-12)16(19)5-3-13(18)11-2-4-14-15(8-11)23-10-22-14/h2,4,8,12H,3,5-7,9-10H2,1H3. The third-order valence-corrected chi connectivity index (χ3v) is 6.16. The van der Waals surface area contributed by atoms with Gasteiger partial charge in [-0.15, -0.1) is 0 Å². The molecule has 8 heteroatoms. The van der Waals surface area contributed by atoms with E-state index in [1.807, 2.05) is 0 Å². The lowest BCUT2D eigenvalue weighted by molar-refractivity contribution is -0.131. The van der Waals surface area contributed by atoms with Gasteiger partial charge in [0.25, 0.3) is 0 Å². The maximum Gasteiger partial charge on any atom is 0.231 e. The number of fused-ring (bicyclic) bond motifs is 1. The molecule has 0 aliphatic carbocycles. The minimum Gasteiger partial charge on any atom is -0.454 e. The number of ketones is 1. The van der Waals surface area contributed by atoms with Crippen LogP contribution in [0.5, 0.6) is 11.5 Å². The van der Waals surface area contributed by atoms with E-state index in [0.29, 0.717) is 23.5 Å². The lowest BCUT2D eigenvalue weighted by atomic mass is 10.1. The number of Topliss-reactive ketones (excluding diaryl/α,β-unsaturated/α-hetero) is 1. The average Bonchev–Trinajstić information content (AvgIpc) is 3.16. The van der Waals surface area contributed by atoms with Gasteiger partial charge in [0.05, 0.1) is 11.5 Å². The van der Waals surface area contributed by atoms with E-state index in [4.69, 9.17) is 9.47 Å². The van der Waals surface area contributed by atoms with E-state index in [1.165, 1.54) is 4.90 Å². The monoisotopic (exact) mass is 353 g/mol. The topological polar surface area (TPSA) is 90.0 Å². The molecule has 3 rings (SSSR count). The molecule has 1 atom stereocenters. The molecule has 1 fully saturated rings. The highest BCUT2D eigenvalue weighted by Crippen LogP contribution is 2.32. The summed E-state index contributed by atoms with van der Waals surface area (Å²) in [6, 6.07) is 4.64. The SMILES string of the molecule is CN(C(=O)CCC(=O)c1ccc2c(c1)OCO2)C1CCS(=O)(=O)C1. The predicted octanol–water partition coefficient (Wildman–Crippen LogP) is 1.02. The molecule has 130 valence electrons. The molecule has 1 aromatic rings. The van der Waals surface area contributed by atoms with Crippen LogP contribution in [0.3, 0.4) is 0 Å². The van der Waals surface area contributed by atoms with Gasteiger partial charge in [-0.3, -0.25) is 9.59 Å². The summed E-state index contributed by atoms with van der Waals surface area (Å²) in [5, 5.41) is 0. The molecule has 0 radical (unpaired) electrons. The Bertz CT molecular complexity index is 773. The van der Waals surface area contributed by atoms with Crippen molar-refractivity contribution >= 4 is 21.5 Å². The molecule has 0 aromatic heterocycles. The van der Waals surface area contributed by atoms with E-state index in [2.05, 4.69) is 0 Å².